The van der Waals surface area contributed by atoms with Gasteiger partial charge in [0.25, 0.3) is 0 Å². The van der Waals surface area contributed by atoms with Crippen LogP contribution in [0, 0.1) is 30.0 Å². The fourth-order valence-electron chi connectivity index (χ4n) is 5.33. The molecule has 1 aliphatic carbocycles. The first-order chi connectivity index (χ1) is 17.9. The van der Waals surface area contributed by atoms with Crippen LogP contribution in [0.15, 0.2) is 24.3 Å². The quantitative estimate of drug-likeness (QED) is 0.516. The van der Waals surface area contributed by atoms with E-state index in [1.54, 1.807) is 39.0 Å². The van der Waals surface area contributed by atoms with Gasteiger partial charge in [0.2, 0.25) is 5.91 Å². The van der Waals surface area contributed by atoms with Crippen LogP contribution in [0.25, 0.3) is 10.4 Å². The van der Waals surface area contributed by atoms with Crippen molar-refractivity contribution in [3.05, 3.63) is 46.1 Å². The molecule has 0 radical (unpaired) electrons. The van der Waals surface area contributed by atoms with E-state index in [1.807, 2.05) is 6.92 Å². The molecule has 0 spiro atoms. The maximum absolute atomic E-state index is 15.1. The van der Waals surface area contributed by atoms with E-state index in [0.717, 1.165) is 29.7 Å². The lowest BCUT2D eigenvalue weighted by molar-refractivity contribution is -0.128. The molecule has 1 N–H and O–H groups in total. The van der Waals surface area contributed by atoms with E-state index in [2.05, 4.69) is 11.4 Å². The van der Waals surface area contributed by atoms with Gasteiger partial charge in [-0.3, -0.25) is 9.69 Å². The van der Waals surface area contributed by atoms with Crippen LogP contribution in [0.2, 0.25) is 0 Å². The second kappa shape index (κ2) is 10.7. The van der Waals surface area contributed by atoms with Gasteiger partial charge in [-0.15, -0.1) is 11.3 Å². The summed E-state index contributed by atoms with van der Waals surface area (Å²) in [6.07, 6.45) is 1.81. The Morgan fingerprint density at radius 3 is 2.63 bits per heavy atom. The first kappa shape index (κ1) is 27.6. The average molecular weight is 542 g/mol. The highest BCUT2D eigenvalue weighted by Crippen LogP contribution is 2.43. The molecule has 1 aliphatic heterocycles. The summed E-state index contributed by atoms with van der Waals surface area (Å²) >= 11 is 1.22. The first-order valence-electron chi connectivity index (χ1n) is 12.6. The predicted octanol–water partition coefficient (Wildman–Crippen LogP) is 4.99. The van der Waals surface area contributed by atoms with Crippen molar-refractivity contribution < 1.29 is 28.2 Å². The van der Waals surface area contributed by atoms with Crippen molar-refractivity contribution in [2.75, 3.05) is 7.11 Å². The summed E-state index contributed by atoms with van der Waals surface area (Å²) in [6, 6.07) is 6.70. The maximum atomic E-state index is 15.1. The summed E-state index contributed by atoms with van der Waals surface area (Å²) in [4.78, 5) is 40.7. The van der Waals surface area contributed by atoms with E-state index in [0.29, 0.717) is 10.4 Å². The number of thiophene rings is 1. The van der Waals surface area contributed by atoms with E-state index in [9.17, 15) is 19.6 Å². The molecule has 202 valence electrons. The number of halogens is 1. The molecule has 10 heteroatoms. The number of nitrogens with zero attached hydrogens (tertiary/aromatic N) is 2. The van der Waals surface area contributed by atoms with Gasteiger partial charge >= 0.3 is 12.1 Å². The minimum atomic E-state index is -0.975. The van der Waals surface area contributed by atoms with Gasteiger partial charge in [-0.1, -0.05) is 12.1 Å². The highest BCUT2D eigenvalue weighted by atomic mass is 32.1. The van der Waals surface area contributed by atoms with Gasteiger partial charge in [-0.05, 0) is 81.7 Å². The third-order valence-corrected chi connectivity index (χ3v) is 8.24. The zero-order valence-corrected chi connectivity index (χ0v) is 23.0. The highest BCUT2D eigenvalue weighted by molar-refractivity contribution is 7.17. The van der Waals surface area contributed by atoms with Crippen molar-refractivity contribution in [3.8, 4) is 16.5 Å². The Morgan fingerprint density at radius 1 is 1.26 bits per heavy atom. The van der Waals surface area contributed by atoms with Crippen molar-refractivity contribution in [3.63, 3.8) is 0 Å². The topological polar surface area (TPSA) is 109 Å². The molecule has 2 bridgehead atoms. The molecule has 1 aromatic heterocycles. The van der Waals surface area contributed by atoms with Crippen molar-refractivity contribution in [2.24, 2.45) is 5.92 Å². The molecular formula is C28H32FN3O5S. The number of piperidine rings is 1. The van der Waals surface area contributed by atoms with E-state index >= 15 is 4.39 Å². The van der Waals surface area contributed by atoms with E-state index < -0.39 is 41.5 Å². The third kappa shape index (κ3) is 5.68. The molecule has 4 rings (SSSR count). The Morgan fingerprint density at radius 2 is 2.00 bits per heavy atom. The fourth-order valence-corrected chi connectivity index (χ4v) is 6.42. The number of carbonyl (C=O) groups excluding carboxylic acids is 3. The van der Waals surface area contributed by atoms with Crippen LogP contribution in [0.1, 0.15) is 60.8 Å². The number of rotatable bonds is 6. The number of ether oxygens (including phenoxy) is 2. The van der Waals surface area contributed by atoms with Gasteiger partial charge in [0.1, 0.15) is 28.4 Å². The summed E-state index contributed by atoms with van der Waals surface area (Å²) in [5, 5.41) is 12.5. The maximum Gasteiger partial charge on any atom is 0.411 e. The molecule has 1 saturated carbocycles. The van der Waals surface area contributed by atoms with Crippen LogP contribution < -0.4 is 5.32 Å². The lowest BCUT2D eigenvalue weighted by Gasteiger charge is -2.35. The number of likely N-dealkylation sites (tertiary alicyclic amines) is 1. The van der Waals surface area contributed by atoms with Gasteiger partial charge in [-0.2, -0.15) is 5.26 Å². The average Bonchev–Trinajstić information content (AvgIpc) is 3.57. The molecule has 2 aromatic rings. The van der Waals surface area contributed by atoms with Crippen LogP contribution in [-0.4, -0.2) is 53.7 Å². The molecule has 8 nitrogen and oxygen atoms in total. The molecule has 0 unspecified atom stereocenters. The van der Waals surface area contributed by atoms with Crippen LogP contribution in [0.5, 0.6) is 0 Å². The Labute approximate surface area is 225 Å². The number of carbonyl (C=O) groups is 3. The number of nitriles is 1. The van der Waals surface area contributed by atoms with Gasteiger partial charge in [-0.25, -0.2) is 14.0 Å². The van der Waals surface area contributed by atoms with Crippen LogP contribution in [0.3, 0.4) is 0 Å². The molecule has 1 aromatic carbocycles. The summed E-state index contributed by atoms with van der Waals surface area (Å²) in [5.74, 6) is -1.38. The van der Waals surface area contributed by atoms with Crippen molar-refractivity contribution in [1.82, 2.24) is 10.2 Å². The number of methoxy groups -OCH3 is 1. The normalized spacial score (nSPS) is 21.1. The highest BCUT2D eigenvalue weighted by Gasteiger charge is 2.52. The minimum absolute atomic E-state index is 0.00629. The van der Waals surface area contributed by atoms with E-state index in [-0.39, 0.29) is 23.9 Å². The van der Waals surface area contributed by atoms with E-state index in [1.165, 1.54) is 29.4 Å². The Kier molecular flexibility index (Phi) is 7.79. The fraction of sp³-hybridized carbons (Fsp3) is 0.500. The van der Waals surface area contributed by atoms with Crippen LogP contribution in [0.4, 0.5) is 9.18 Å². The number of fused-ring (bicyclic) bond motifs is 2. The van der Waals surface area contributed by atoms with Crippen molar-refractivity contribution >= 4 is 29.3 Å². The number of esters is 1. The molecule has 38 heavy (non-hydrogen) atoms. The Hall–Kier alpha value is -3.45. The third-order valence-electron chi connectivity index (χ3n) is 6.97. The smallest absolute Gasteiger partial charge is 0.411 e. The SMILES string of the molecule is COC(=O)c1cc(C)c(-c2ccc(C[C@@H](C#N)NC(=O)[C@@H]3[C@H]4CC[C@H](C4)N3C(=O)OC(C)(C)C)c(F)c2)s1. The summed E-state index contributed by atoms with van der Waals surface area (Å²) < 4.78 is 25.4. The summed E-state index contributed by atoms with van der Waals surface area (Å²) in [5.41, 5.74) is 1.02. The Balaban J connectivity index is 1.47. The predicted molar refractivity (Wildman–Crippen MR) is 140 cm³/mol. The number of aryl methyl sites for hydroxylation is 1. The van der Waals surface area contributed by atoms with Crippen molar-refractivity contribution in [1.29, 1.82) is 5.26 Å². The number of nitrogens with one attached hydrogen (secondary N) is 1. The summed E-state index contributed by atoms with van der Waals surface area (Å²) in [7, 11) is 1.31. The van der Waals surface area contributed by atoms with E-state index in [4.69, 9.17) is 9.47 Å². The zero-order chi connectivity index (χ0) is 27.8. The second-order valence-electron chi connectivity index (χ2n) is 10.9. The molecule has 1 saturated heterocycles. The number of hydrogen-bond donors (Lipinski definition) is 1. The number of benzene rings is 1. The number of hydrogen-bond acceptors (Lipinski definition) is 7. The Bertz CT molecular complexity index is 1290. The zero-order valence-electron chi connectivity index (χ0n) is 22.2. The largest absolute Gasteiger partial charge is 0.465 e. The first-order valence-corrected chi connectivity index (χ1v) is 13.4. The van der Waals surface area contributed by atoms with Gasteiger partial charge in [0, 0.05) is 17.3 Å². The second-order valence-corrected chi connectivity index (χ2v) is 11.9. The lowest BCUT2D eigenvalue weighted by atomic mass is 9.97. The van der Waals surface area contributed by atoms with Gasteiger partial charge in [0.05, 0.1) is 13.2 Å². The molecule has 2 fully saturated rings. The van der Waals surface area contributed by atoms with Crippen LogP contribution >= 0.6 is 11.3 Å². The van der Waals surface area contributed by atoms with Crippen LogP contribution in [-0.2, 0) is 20.7 Å². The number of amides is 2. The molecule has 2 aliphatic rings. The molecule has 2 heterocycles. The molecule has 4 atom stereocenters. The van der Waals surface area contributed by atoms with Gasteiger partial charge in [0.15, 0.2) is 0 Å². The standard InChI is InChI=1S/C28H32FN3O5S/c1-15-10-22(26(34)36-5)38-24(15)18-7-6-16(21(29)13-18)11-19(14-30)31-25(33)23-17-8-9-20(12-17)32(23)27(35)37-28(2,3)4/h6-7,10,13,17,19-20,23H,8-9,11-12H2,1-5H3,(H,31,33)/t17-,19-,20+,23-/m0/s1. The molecule has 2 amide bonds. The van der Waals surface area contributed by atoms with Crippen molar-refractivity contribution in [2.45, 2.75) is 77.1 Å². The minimum Gasteiger partial charge on any atom is -0.465 e. The molecular weight excluding hydrogens is 509 g/mol. The monoisotopic (exact) mass is 541 g/mol. The summed E-state index contributed by atoms with van der Waals surface area (Å²) in [6.45, 7) is 7.16. The lowest BCUT2D eigenvalue weighted by Crippen LogP contribution is -2.55. The van der Waals surface area contributed by atoms with Gasteiger partial charge < -0.3 is 14.8 Å².